The summed E-state index contributed by atoms with van der Waals surface area (Å²) in [5.74, 6) is -1.01. The molecule has 2 atom stereocenters. The zero-order valence-corrected chi connectivity index (χ0v) is 11.5. The molecule has 0 bridgehead atoms. The van der Waals surface area contributed by atoms with Crippen LogP contribution < -0.4 is 0 Å². The van der Waals surface area contributed by atoms with Crippen molar-refractivity contribution in [3.05, 3.63) is 0 Å². The third-order valence-electron chi connectivity index (χ3n) is 3.74. The standard InChI is InChI=1S/C9H18NO5PS/c1-10(6-7-17)5-3-2-4-9(10,8(11)12)16(13,14)15/h2-7H2,1H3,(H3-,11,12,13,14,15,17)/p+1. The van der Waals surface area contributed by atoms with Gasteiger partial charge in [0.05, 0.1) is 20.1 Å². The lowest BCUT2D eigenvalue weighted by Gasteiger charge is -2.50. The molecule has 0 amide bonds. The van der Waals surface area contributed by atoms with Crippen LogP contribution >= 0.6 is 20.2 Å². The molecule has 0 aromatic carbocycles. The quantitative estimate of drug-likeness (QED) is 0.343. The van der Waals surface area contributed by atoms with Crippen LogP contribution in [0.2, 0.25) is 0 Å². The highest BCUT2D eigenvalue weighted by molar-refractivity contribution is 7.80. The third kappa shape index (κ3) is 2.27. The third-order valence-corrected chi connectivity index (χ3v) is 5.80. The van der Waals surface area contributed by atoms with Gasteiger partial charge in [-0.15, -0.1) is 0 Å². The highest BCUT2D eigenvalue weighted by Gasteiger charge is 2.67. The van der Waals surface area contributed by atoms with E-state index in [1.54, 1.807) is 7.05 Å². The van der Waals surface area contributed by atoms with E-state index in [0.29, 0.717) is 25.3 Å². The zero-order chi connectivity index (χ0) is 13.3. The van der Waals surface area contributed by atoms with Crippen LogP contribution in [0, 0.1) is 0 Å². The molecule has 0 aromatic rings. The van der Waals surface area contributed by atoms with Crippen LogP contribution in [0.4, 0.5) is 0 Å². The summed E-state index contributed by atoms with van der Waals surface area (Å²) in [6, 6.07) is 0. The average molecular weight is 284 g/mol. The molecule has 1 heterocycles. The Labute approximate surface area is 106 Å². The van der Waals surface area contributed by atoms with Gasteiger partial charge < -0.3 is 19.4 Å². The first-order valence-corrected chi connectivity index (χ1v) is 7.70. The van der Waals surface area contributed by atoms with Crippen molar-refractivity contribution in [2.24, 2.45) is 0 Å². The largest absolute Gasteiger partial charge is 0.476 e. The summed E-state index contributed by atoms with van der Waals surface area (Å²) in [6.45, 7) is 0.790. The van der Waals surface area contributed by atoms with E-state index in [2.05, 4.69) is 12.6 Å². The molecule has 3 N–H and O–H groups in total. The summed E-state index contributed by atoms with van der Waals surface area (Å²) in [7, 11) is -3.14. The minimum atomic E-state index is -4.74. The van der Waals surface area contributed by atoms with Crippen LogP contribution in [0.1, 0.15) is 19.3 Å². The summed E-state index contributed by atoms with van der Waals surface area (Å²) in [4.78, 5) is 30.5. The average Bonchev–Trinajstić information content (AvgIpc) is 2.15. The van der Waals surface area contributed by atoms with Crippen LogP contribution in [-0.4, -0.2) is 56.5 Å². The number of carboxylic acid groups (broad SMARTS) is 1. The molecule has 6 nitrogen and oxygen atoms in total. The van der Waals surface area contributed by atoms with Gasteiger partial charge in [-0.05, 0) is 12.8 Å². The molecular weight excluding hydrogens is 265 g/mol. The van der Waals surface area contributed by atoms with Gasteiger partial charge in [-0.25, -0.2) is 4.79 Å². The Bertz CT molecular complexity index is 355. The van der Waals surface area contributed by atoms with Gasteiger partial charge in [-0.3, -0.25) is 4.57 Å². The molecule has 0 radical (unpaired) electrons. The zero-order valence-electron chi connectivity index (χ0n) is 9.74. The minimum absolute atomic E-state index is 0.0108. The van der Waals surface area contributed by atoms with E-state index in [9.17, 15) is 24.3 Å². The van der Waals surface area contributed by atoms with Gasteiger partial charge in [-0.2, -0.15) is 12.6 Å². The predicted octanol–water partition coefficient (Wildman–Crippen LogP) is 0.505. The molecule has 1 aliphatic rings. The SMILES string of the molecule is C[N+]1(CCS)CCCCC1(C(=O)O)P(=O)(O)O. The molecule has 0 saturated carbocycles. The molecule has 1 saturated heterocycles. The lowest BCUT2D eigenvalue weighted by molar-refractivity contribution is -0.939. The highest BCUT2D eigenvalue weighted by Crippen LogP contribution is 2.59. The maximum absolute atomic E-state index is 11.7. The number of carbonyl (C=O) groups is 1. The number of hydrogen-bond acceptors (Lipinski definition) is 3. The molecular formula is C9H19NO5PS+. The van der Waals surface area contributed by atoms with Gasteiger partial charge in [-0.1, -0.05) is 0 Å². The molecule has 17 heavy (non-hydrogen) atoms. The second-order valence-corrected chi connectivity index (χ2v) is 6.96. The van der Waals surface area contributed by atoms with Crippen molar-refractivity contribution in [1.82, 2.24) is 0 Å². The van der Waals surface area contributed by atoms with Crippen molar-refractivity contribution in [2.75, 3.05) is 25.9 Å². The number of hydrogen-bond donors (Lipinski definition) is 4. The number of rotatable bonds is 4. The van der Waals surface area contributed by atoms with Crippen LogP contribution in [-0.2, 0) is 9.36 Å². The van der Waals surface area contributed by atoms with E-state index < -0.39 is 18.8 Å². The molecule has 0 spiro atoms. The Balaban J connectivity index is 3.34. The van der Waals surface area contributed by atoms with E-state index >= 15 is 0 Å². The fraction of sp³-hybridized carbons (Fsp3) is 0.889. The fourth-order valence-corrected chi connectivity index (χ4v) is 4.70. The van der Waals surface area contributed by atoms with Crippen LogP contribution in [0.15, 0.2) is 0 Å². The van der Waals surface area contributed by atoms with Crippen molar-refractivity contribution >= 4 is 26.2 Å². The summed E-state index contributed by atoms with van der Waals surface area (Å²) < 4.78 is 11.6. The number of quaternary nitrogens is 1. The first-order valence-electron chi connectivity index (χ1n) is 5.46. The summed E-state index contributed by atoms with van der Waals surface area (Å²) in [6.07, 6.45) is 1.31. The molecule has 1 fully saturated rings. The van der Waals surface area contributed by atoms with Gasteiger partial charge in [0.2, 0.25) is 0 Å². The summed E-state index contributed by atoms with van der Waals surface area (Å²) in [5, 5.41) is 7.35. The molecule has 2 unspecified atom stereocenters. The van der Waals surface area contributed by atoms with Crippen molar-refractivity contribution in [3.63, 3.8) is 0 Å². The van der Waals surface area contributed by atoms with Gasteiger partial charge in [0.1, 0.15) is 0 Å². The Morgan fingerprint density at radius 2 is 2.06 bits per heavy atom. The van der Waals surface area contributed by atoms with Gasteiger partial charge in [0.25, 0.3) is 5.28 Å². The number of nitrogens with zero attached hydrogens (tertiary/aromatic N) is 1. The topological polar surface area (TPSA) is 94.8 Å². The Morgan fingerprint density at radius 1 is 1.47 bits per heavy atom. The summed E-state index contributed by atoms with van der Waals surface area (Å²) >= 11 is 4.07. The van der Waals surface area contributed by atoms with Crippen molar-refractivity contribution < 1.29 is 28.7 Å². The minimum Gasteiger partial charge on any atom is -0.476 e. The van der Waals surface area contributed by atoms with Gasteiger partial charge >= 0.3 is 13.6 Å². The number of aliphatic carboxylic acids is 1. The van der Waals surface area contributed by atoms with E-state index in [1.165, 1.54) is 0 Å². The molecule has 100 valence electrons. The van der Waals surface area contributed by atoms with E-state index in [1.807, 2.05) is 0 Å². The Hall–Kier alpha value is -0.0700. The fourth-order valence-electron chi connectivity index (χ4n) is 2.73. The maximum atomic E-state index is 11.7. The lowest BCUT2D eigenvalue weighted by Crippen LogP contribution is -2.68. The van der Waals surface area contributed by atoms with Crippen molar-refractivity contribution in [2.45, 2.75) is 24.5 Å². The normalized spacial score (nSPS) is 34.6. The first-order chi connectivity index (χ1) is 7.71. The number of carboxylic acids is 1. The molecule has 8 heteroatoms. The van der Waals surface area contributed by atoms with Gasteiger partial charge in [0.15, 0.2) is 0 Å². The van der Waals surface area contributed by atoms with Crippen LogP contribution in [0.3, 0.4) is 0 Å². The lowest BCUT2D eigenvalue weighted by atomic mass is 9.98. The second-order valence-electron chi connectivity index (χ2n) is 4.69. The number of thiol groups is 1. The Morgan fingerprint density at radius 3 is 2.47 bits per heavy atom. The van der Waals surface area contributed by atoms with E-state index in [4.69, 9.17) is 0 Å². The Kier molecular flexibility index (Phi) is 4.32. The van der Waals surface area contributed by atoms with Crippen LogP contribution in [0.25, 0.3) is 0 Å². The van der Waals surface area contributed by atoms with Crippen molar-refractivity contribution in [3.8, 4) is 0 Å². The smallest absolute Gasteiger partial charge is 0.397 e. The number of likely N-dealkylation sites (tertiary alicyclic amines) is 1. The van der Waals surface area contributed by atoms with Gasteiger partial charge in [0, 0.05) is 12.2 Å². The molecule has 0 aromatic heterocycles. The molecule has 0 aliphatic carbocycles. The first kappa shape index (κ1) is 15.0. The maximum Gasteiger partial charge on any atom is 0.397 e. The second kappa shape index (κ2) is 4.90. The predicted molar refractivity (Wildman–Crippen MR) is 66.0 cm³/mol. The summed E-state index contributed by atoms with van der Waals surface area (Å²) in [5.41, 5.74) is 0. The molecule has 1 rings (SSSR count). The highest BCUT2D eigenvalue weighted by atomic mass is 32.1. The molecule has 1 aliphatic heterocycles. The number of piperidine rings is 1. The van der Waals surface area contributed by atoms with E-state index in [-0.39, 0.29) is 10.9 Å². The van der Waals surface area contributed by atoms with E-state index in [0.717, 1.165) is 6.42 Å². The number of likely N-dealkylation sites (N-methyl/N-ethyl adjacent to an activating group) is 1. The van der Waals surface area contributed by atoms with Crippen LogP contribution in [0.5, 0.6) is 0 Å². The monoisotopic (exact) mass is 284 g/mol. The van der Waals surface area contributed by atoms with Crippen molar-refractivity contribution in [1.29, 1.82) is 0 Å².